The largest absolute Gasteiger partial charge is 0.391 e. The van der Waals surface area contributed by atoms with Crippen molar-refractivity contribution in [3.8, 4) is 0 Å². The van der Waals surface area contributed by atoms with E-state index in [4.69, 9.17) is 5.73 Å². The van der Waals surface area contributed by atoms with Gasteiger partial charge in [-0.25, -0.2) is 0 Å². The van der Waals surface area contributed by atoms with Crippen molar-refractivity contribution >= 4 is 11.8 Å². The van der Waals surface area contributed by atoms with E-state index in [2.05, 4.69) is 46.3 Å². The zero-order valence-electron chi connectivity index (χ0n) is 18.2. The molecule has 2 heterocycles. The molecule has 2 fully saturated rings. The van der Waals surface area contributed by atoms with Gasteiger partial charge in [-0.05, 0) is 76.8 Å². The second kappa shape index (κ2) is 10.4. The second-order valence-electron chi connectivity index (χ2n) is 8.87. The van der Waals surface area contributed by atoms with Gasteiger partial charge >= 0.3 is 0 Å². The standard InChI is InChI=1S/C23H36N4O3/c1-16-5-3-4-6-19(16)15-26-11-9-20(10-12-26)27-13-7-18(8-14-27)23(30)25-21(17(2)28)22(24)29/h3-6,17-18,20-21,28H,7-15H2,1-2H3,(H2,24,29)(H,25,30)/t17-,21+/m1/s1. The number of nitrogens with two attached hydrogens (primary N) is 1. The van der Waals surface area contributed by atoms with E-state index in [1.54, 1.807) is 0 Å². The number of aliphatic hydroxyl groups excluding tert-OH is 1. The maximum absolute atomic E-state index is 12.5. The lowest BCUT2D eigenvalue weighted by Gasteiger charge is -2.41. The van der Waals surface area contributed by atoms with Crippen molar-refractivity contribution in [2.24, 2.45) is 11.7 Å². The summed E-state index contributed by atoms with van der Waals surface area (Å²) in [6.45, 7) is 8.67. The summed E-state index contributed by atoms with van der Waals surface area (Å²) in [5.74, 6) is -0.997. The lowest BCUT2D eigenvalue weighted by Crippen LogP contribution is -2.54. The maximum Gasteiger partial charge on any atom is 0.242 e. The normalized spacial score (nSPS) is 21.8. The van der Waals surface area contributed by atoms with E-state index >= 15 is 0 Å². The summed E-state index contributed by atoms with van der Waals surface area (Å²) < 4.78 is 0. The number of primary amides is 1. The number of aryl methyl sites for hydroxylation is 1. The fourth-order valence-corrected chi connectivity index (χ4v) is 4.70. The van der Waals surface area contributed by atoms with Gasteiger partial charge in [-0.1, -0.05) is 24.3 Å². The second-order valence-corrected chi connectivity index (χ2v) is 8.87. The van der Waals surface area contributed by atoms with Crippen LogP contribution in [0.2, 0.25) is 0 Å². The molecule has 0 aliphatic carbocycles. The number of nitrogens with one attached hydrogen (secondary N) is 1. The zero-order valence-corrected chi connectivity index (χ0v) is 18.2. The lowest BCUT2D eigenvalue weighted by molar-refractivity contribution is -0.133. The molecule has 2 aliphatic rings. The Kier molecular flexibility index (Phi) is 7.86. The first-order chi connectivity index (χ1) is 14.3. The van der Waals surface area contributed by atoms with E-state index in [1.807, 2.05) is 0 Å². The Balaban J connectivity index is 1.42. The predicted octanol–water partition coefficient (Wildman–Crippen LogP) is 1.02. The third kappa shape index (κ3) is 5.80. The van der Waals surface area contributed by atoms with Gasteiger partial charge in [-0.2, -0.15) is 0 Å². The van der Waals surface area contributed by atoms with Gasteiger partial charge in [0.05, 0.1) is 6.10 Å². The van der Waals surface area contributed by atoms with E-state index in [1.165, 1.54) is 18.1 Å². The Morgan fingerprint density at radius 1 is 1.13 bits per heavy atom. The summed E-state index contributed by atoms with van der Waals surface area (Å²) in [5.41, 5.74) is 8.04. The van der Waals surface area contributed by atoms with Crippen LogP contribution in [0.4, 0.5) is 0 Å². The van der Waals surface area contributed by atoms with Gasteiger partial charge in [-0.15, -0.1) is 0 Å². The Morgan fingerprint density at radius 2 is 1.77 bits per heavy atom. The molecule has 7 heteroatoms. The number of amides is 2. The first-order valence-electron chi connectivity index (χ1n) is 11.1. The molecule has 0 spiro atoms. The lowest BCUT2D eigenvalue weighted by atomic mass is 9.92. The average molecular weight is 417 g/mol. The Hall–Kier alpha value is -1.96. The Labute approximate surface area is 179 Å². The molecule has 7 nitrogen and oxygen atoms in total. The highest BCUT2D eigenvalue weighted by molar-refractivity contribution is 5.88. The topological polar surface area (TPSA) is 98.9 Å². The van der Waals surface area contributed by atoms with Crippen LogP contribution in [0.1, 0.15) is 43.7 Å². The predicted molar refractivity (Wildman–Crippen MR) is 117 cm³/mol. The number of carbonyl (C=O) groups is 2. The molecule has 0 bridgehead atoms. The van der Waals surface area contributed by atoms with Crippen molar-refractivity contribution in [1.29, 1.82) is 0 Å². The zero-order chi connectivity index (χ0) is 21.7. The monoisotopic (exact) mass is 416 g/mol. The smallest absolute Gasteiger partial charge is 0.242 e. The van der Waals surface area contributed by atoms with Crippen LogP contribution in [0.5, 0.6) is 0 Å². The first kappa shape index (κ1) is 22.7. The summed E-state index contributed by atoms with van der Waals surface area (Å²) in [4.78, 5) is 29.0. The van der Waals surface area contributed by atoms with Crippen LogP contribution < -0.4 is 11.1 Å². The molecule has 1 aromatic rings. The van der Waals surface area contributed by atoms with Crippen LogP contribution in [0.25, 0.3) is 0 Å². The van der Waals surface area contributed by atoms with Crippen LogP contribution in [0.3, 0.4) is 0 Å². The summed E-state index contributed by atoms with van der Waals surface area (Å²) in [6.07, 6.45) is 2.89. The molecule has 3 rings (SSSR count). The SMILES string of the molecule is Cc1ccccc1CN1CCC(N2CCC(C(=O)N[C@H](C(N)=O)[C@@H](C)O)CC2)CC1. The number of benzene rings is 1. The number of aliphatic hydroxyl groups is 1. The van der Waals surface area contributed by atoms with E-state index in [0.717, 1.165) is 58.4 Å². The highest BCUT2D eigenvalue weighted by atomic mass is 16.3. The third-order valence-electron chi connectivity index (χ3n) is 6.72. The molecule has 2 saturated heterocycles. The number of nitrogens with zero attached hydrogens (tertiary/aromatic N) is 2. The fourth-order valence-electron chi connectivity index (χ4n) is 4.70. The molecule has 166 valence electrons. The van der Waals surface area contributed by atoms with Crippen LogP contribution in [-0.4, -0.2) is 71.1 Å². The highest BCUT2D eigenvalue weighted by Crippen LogP contribution is 2.25. The number of carbonyl (C=O) groups excluding carboxylic acids is 2. The molecule has 0 unspecified atom stereocenters. The van der Waals surface area contributed by atoms with Crippen LogP contribution in [0.15, 0.2) is 24.3 Å². The van der Waals surface area contributed by atoms with Crippen molar-refractivity contribution in [1.82, 2.24) is 15.1 Å². The van der Waals surface area contributed by atoms with Gasteiger partial charge in [-0.3, -0.25) is 14.5 Å². The van der Waals surface area contributed by atoms with Crippen molar-refractivity contribution in [3.63, 3.8) is 0 Å². The molecule has 2 amide bonds. The maximum atomic E-state index is 12.5. The molecule has 0 aromatic heterocycles. The quantitative estimate of drug-likeness (QED) is 0.616. The summed E-state index contributed by atoms with van der Waals surface area (Å²) in [7, 11) is 0. The minimum Gasteiger partial charge on any atom is -0.391 e. The molecule has 4 N–H and O–H groups in total. The first-order valence-corrected chi connectivity index (χ1v) is 11.1. The van der Waals surface area contributed by atoms with Gasteiger partial charge in [0.1, 0.15) is 6.04 Å². The number of piperidine rings is 2. The van der Waals surface area contributed by atoms with E-state index in [-0.39, 0.29) is 11.8 Å². The summed E-state index contributed by atoms with van der Waals surface area (Å²) in [5, 5.41) is 12.3. The van der Waals surface area contributed by atoms with Crippen molar-refractivity contribution in [3.05, 3.63) is 35.4 Å². The van der Waals surface area contributed by atoms with Gasteiger partial charge in [0, 0.05) is 18.5 Å². The molecule has 0 radical (unpaired) electrons. The van der Waals surface area contributed by atoms with Gasteiger partial charge in [0.15, 0.2) is 0 Å². The van der Waals surface area contributed by atoms with Crippen LogP contribution in [-0.2, 0) is 16.1 Å². The molecule has 1 aromatic carbocycles. The van der Waals surface area contributed by atoms with Crippen molar-refractivity contribution < 1.29 is 14.7 Å². The fraction of sp³-hybridized carbons (Fsp3) is 0.652. The van der Waals surface area contributed by atoms with Crippen molar-refractivity contribution in [2.75, 3.05) is 26.2 Å². The molecular weight excluding hydrogens is 380 g/mol. The van der Waals surface area contributed by atoms with E-state index < -0.39 is 18.1 Å². The van der Waals surface area contributed by atoms with Crippen molar-refractivity contribution in [2.45, 2.75) is 64.3 Å². The van der Waals surface area contributed by atoms with Crippen LogP contribution >= 0.6 is 0 Å². The minimum atomic E-state index is -1.02. The molecule has 30 heavy (non-hydrogen) atoms. The van der Waals surface area contributed by atoms with Gasteiger partial charge < -0.3 is 21.1 Å². The number of likely N-dealkylation sites (tertiary alicyclic amines) is 2. The molecule has 2 aliphatic heterocycles. The van der Waals surface area contributed by atoms with Gasteiger partial charge in [0.2, 0.25) is 11.8 Å². The minimum absolute atomic E-state index is 0.122. The summed E-state index contributed by atoms with van der Waals surface area (Å²) in [6, 6.07) is 8.16. The van der Waals surface area contributed by atoms with Gasteiger partial charge in [0.25, 0.3) is 0 Å². The Morgan fingerprint density at radius 3 is 2.33 bits per heavy atom. The summed E-state index contributed by atoms with van der Waals surface area (Å²) >= 11 is 0. The average Bonchev–Trinajstić information content (AvgIpc) is 2.73. The van der Waals surface area contributed by atoms with Crippen LogP contribution in [0, 0.1) is 12.8 Å². The highest BCUT2D eigenvalue weighted by Gasteiger charge is 2.32. The number of hydrogen-bond acceptors (Lipinski definition) is 5. The Bertz CT molecular complexity index is 723. The third-order valence-corrected chi connectivity index (χ3v) is 6.72. The molecular formula is C23H36N4O3. The van der Waals surface area contributed by atoms with E-state index in [0.29, 0.717) is 6.04 Å². The molecule has 0 saturated carbocycles. The number of hydrogen-bond donors (Lipinski definition) is 3. The van der Waals surface area contributed by atoms with E-state index in [9.17, 15) is 14.7 Å². The molecule has 2 atom stereocenters. The number of rotatable bonds is 7.